The van der Waals surface area contributed by atoms with Crippen LogP contribution in [0.15, 0.2) is 0 Å². The molecule has 0 radical (unpaired) electrons. The minimum absolute atomic E-state index is 0.0825. The van der Waals surface area contributed by atoms with Gasteiger partial charge in [0.2, 0.25) is 5.91 Å². The minimum Gasteiger partial charge on any atom is -0.341 e. The quantitative estimate of drug-likeness (QED) is 0.632. The third-order valence-electron chi connectivity index (χ3n) is 2.28. The Bertz CT molecular complexity index is 159. The number of carbonyl (C=O) groups excluding carboxylic acids is 1. The van der Waals surface area contributed by atoms with Crippen molar-refractivity contribution in [2.24, 2.45) is 5.73 Å². The predicted octanol–water partition coefficient (Wildman–Crippen LogP) is 0.736. The van der Waals surface area contributed by atoms with Crippen LogP contribution < -0.4 is 5.73 Å². The van der Waals surface area contributed by atoms with E-state index in [0.29, 0.717) is 6.42 Å². The Morgan fingerprint density at radius 3 is 2.83 bits per heavy atom. The summed E-state index contributed by atoms with van der Waals surface area (Å²) in [6, 6.07) is 0.0825. The second-order valence-electron chi connectivity index (χ2n) is 3.51. The lowest BCUT2D eigenvalue weighted by Gasteiger charge is -2.14. The van der Waals surface area contributed by atoms with Gasteiger partial charge in [-0.25, -0.2) is 0 Å². The average molecular weight is 170 g/mol. The smallest absolute Gasteiger partial charge is 0.224 e. The van der Waals surface area contributed by atoms with E-state index < -0.39 is 0 Å². The maximum Gasteiger partial charge on any atom is 0.224 e. The Balaban J connectivity index is 2.19. The van der Waals surface area contributed by atoms with E-state index in [2.05, 4.69) is 6.92 Å². The zero-order valence-electron chi connectivity index (χ0n) is 7.75. The van der Waals surface area contributed by atoms with E-state index in [1.165, 1.54) is 12.8 Å². The van der Waals surface area contributed by atoms with Crippen LogP contribution in [0.3, 0.4) is 0 Å². The second-order valence-corrected chi connectivity index (χ2v) is 3.51. The first-order valence-corrected chi connectivity index (χ1v) is 4.77. The van der Waals surface area contributed by atoms with Crippen LogP contribution in [0.5, 0.6) is 0 Å². The fourth-order valence-electron chi connectivity index (χ4n) is 1.57. The molecule has 3 nitrogen and oxygen atoms in total. The summed E-state index contributed by atoms with van der Waals surface area (Å²) in [5, 5.41) is 0. The number of unbranched alkanes of at least 4 members (excludes halogenated alkanes) is 2. The minimum atomic E-state index is 0.0825. The van der Waals surface area contributed by atoms with Crippen LogP contribution in [0.2, 0.25) is 0 Å². The van der Waals surface area contributed by atoms with Gasteiger partial charge < -0.3 is 10.6 Å². The molecule has 3 heteroatoms. The molecule has 0 aromatic heterocycles. The standard InChI is InChI=1S/C9H18N2O/c1-2-3-4-5-11-7-8(10)6-9(11)12/h8H,2-7,10H2,1H3. The van der Waals surface area contributed by atoms with Crippen molar-refractivity contribution in [1.29, 1.82) is 0 Å². The fourth-order valence-corrected chi connectivity index (χ4v) is 1.57. The topological polar surface area (TPSA) is 46.3 Å². The Kier molecular flexibility index (Phi) is 3.53. The van der Waals surface area contributed by atoms with E-state index in [4.69, 9.17) is 5.73 Å². The normalized spacial score (nSPS) is 23.7. The molecule has 1 rings (SSSR count). The highest BCUT2D eigenvalue weighted by molar-refractivity contribution is 5.79. The second kappa shape index (κ2) is 4.45. The van der Waals surface area contributed by atoms with Crippen molar-refractivity contribution in [2.75, 3.05) is 13.1 Å². The number of likely N-dealkylation sites (tertiary alicyclic amines) is 1. The highest BCUT2D eigenvalue weighted by Gasteiger charge is 2.25. The maximum absolute atomic E-state index is 11.2. The van der Waals surface area contributed by atoms with Crippen LogP contribution in [0, 0.1) is 0 Å². The first-order chi connectivity index (χ1) is 5.74. The number of hydrogen-bond acceptors (Lipinski definition) is 2. The van der Waals surface area contributed by atoms with E-state index in [-0.39, 0.29) is 11.9 Å². The van der Waals surface area contributed by atoms with Crippen LogP contribution >= 0.6 is 0 Å². The van der Waals surface area contributed by atoms with Gasteiger partial charge in [0.15, 0.2) is 0 Å². The van der Waals surface area contributed by atoms with Crippen molar-refractivity contribution in [3.8, 4) is 0 Å². The predicted molar refractivity (Wildman–Crippen MR) is 48.7 cm³/mol. The molecule has 2 N–H and O–H groups in total. The van der Waals surface area contributed by atoms with Gasteiger partial charge in [-0.05, 0) is 6.42 Å². The Morgan fingerprint density at radius 1 is 1.58 bits per heavy atom. The molecule has 1 atom stereocenters. The lowest BCUT2D eigenvalue weighted by molar-refractivity contribution is -0.127. The van der Waals surface area contributed by atoms with Gasteiger partial charge in [0.1, 0.15) is 0 Å². The van der Waals surface area contributed by atoms with Gasteiger partial charge in [-0.1, -0.05) is 19.8 Å². The molecule has 1 aliphatic rings. The van der Waals surface area contributed by atoms with Gasteiger partial charge in [-0.2, -0.15) is 0 Å². The van der Waals surface area contributed by atoms with Crippen molar-refractivity contribution in [1.82, 2.24) is 4.90 Å². The lowest BCUT2D eigenvalue weighted by Crippen LogP contribution is -2.29. The molecule has 12 heavy (non-hydrogen) atoms. The molecule has 1 heterocycles. The third-order valence-corrected chi connectivity index (χ3v) is 2.28. The largest absolute Gasteiger partial charge is 0.341 e. The van der Waals surface area contributed by atoms with Crippen molar-refractivity contribution < 1.29 is 4.79 Å². The number of carbonyl (C=O) groups is 1. The van der Waals surface area contributed by atoms with Crippen molar-refractivity contribution in [2.45, 2.75) is 38.6 Å². The highest BCUT2D eigenvalue weighted by atomic mass is 16.2. The van der Waals surface area contributed by atoms with Crippen LogP contribution in [0.25, 0.3) is 0 Å². The van der Waals surface area contributed by atoms with E-state index in [1.807, 2.05) is 4.90 Å². The summed E-state index contributed by atoms with van der Waals surface area (Å²) in [5.41, 5.74) is 5.66. The van der Waals surface area contributed by atoms with E-state index >= 15 is 0 Å². The molecule has 0 aromatic rings. The van der Waals surface area contributed by atoms with Gasteiger partial charge in [-0.15, -0.1) is 0 Å². The number of rotatable bonds is 4. The number of amides is 1. The molecule has 1 fully saturated rings. The van der Waals surface area contributed by atoms with Crippen molar-refractivity contribution in [3.63, 3.8) is 0 Å². The molecular formula is C9H18N2O. The summed E-state index contributed by atoms with van der Waals surface area (Å²) >= 11 is 0. The summed E-state index contributed by atoms with van der Waals surface area (Å²) in [5.74, 6) is 0.235. The molecule has 0 spiro atoms. The lowest BCUT2D eigenvalue weighted by atomic mass is 10.2. The van der Waals surface area contributed by atoms with E-state index in [1.54, 1.807) is 0 Å². The SMILES string of the molecule is CCCCCN1CC(N)CC1=O. The van der Waals surface area contributed by atoms with Gasteiger partial charge in [0, 0.05) is 25.6 Å². The van der Waals surface area contributed by atoms with Crippen LogP contribution in [-0.4, -0.2) is 29.9 Å². The van der Waals surface area contributed by atoms with Crippen molar-refractivity contribution >= 4 is 5.91 Å². The van der Waals surface area contributed by atoms with Gasteiger partial charge in [0.25, 0.3) is 0 Å². The zero-order valence-corrected chi connectivity index (χ0v) is 7.75. The van der Waals surface area contributed by atoms with Crippen LogP contribution in [-0.2, 0) is 4.79 Å². The molecule has 1 amide bonds. The summed E-state index contributed by atoms with van der Waals surface area (Å²) < 4.78 is 0. The molecule has 0 bridgehead atoms. The van der Waals surface area contributed by atoms with Gasteiger partial charge >= 0.3 is 0 Å². The molecule has 0 saturated carbocycles. The molecule has 1 aliphatic heterocycles. The molecule has 0 aliphatic carbocycles. The average Bonchev–Trinajstić information content (AvgIpc) is 2.31. The molecule has 0 aromatic carbocycles. The number of nitrogens with zero attached hydrogens (tertiary/aromatic N) is 1. The number of nitrogens with two attached hydrogens (primary N) is 1. The molecule has 70 valence electrons. The molecule has 1 saturated heterocycles. The molecular weight excluding hydrogens is 152 g/mol. The Hall–Kier alpha value is -0.570. The summed E-state index contributed by atoms with van der Waals surface area (Å²) in [6.07, 6.45) is 4.08. The molecule has 1 unspecified atom stereocenters. The van der Waals surface area contributed by atoms with Crippen LogP contribution in [0.4, 0.5) is 0 Å². The van der Waals surface area contributed by atoms with Gasteiger partial charge in [0.05, 0.1) is 0 Å². The van der Waals surface area contributed by atoms with Gasteiger partial charge in [-0.3, -0.25) is 4.79 Å². The Labute approximate surface area is 73.9 Å². The first-order valence-electron chi connectivity index (χ1n) is 4.77. The first kappa shape index (κ1) is 9.52. The fraction of sp³-hybridized carbons (Fsp3) is 0.889. The number of hydrogen-bond donors (Lipinski definition) is 1. The Morgan fingerprint density at radius 2 is 2.33 bits per heavy atom. The summed E-state index contributed by atoms with van der Waals surface area (Å²) in [6.45, 7) is 3.83. The monoisotopic (exact) mass is 170 g/mol. The van der Waals surface area contributed by atoms with Crippen LogP contribution in [0.1, 0.15) is 32.6 Å². The summed E-state index contributed by atoms with van der Waals surface area (Å²) in [4.78, 5) is 13.1. The van der Waals surface area contributed by atoms with E-state index in [0.717, 1.165) is 19.5 Å². The summed E-state index contributed by atoms with van der Waals surface area (Å²) in [7, 11) is 0. The van der Waals surface area contributed by atoms with Crippen molar-refractivity contribution in [3.05, 3.63) is 0 Å². The van der Waals surface area contributed by atoms with E-state index in [9.17, 15) is 4.79 Å². The highest BCUT2D eigenvalue weighted by Crippen LogP contribution is 2.10. The maximum atomic E-state index is 11.2. The zero-order chi connectivity index (χ0) is 8.97. The third kappa shape index (κ3) is 2.48.